The predicted molar refractivity (Wildman–Crippen MR) is 109 cm³/mol. The van der Waals surface area contributed by atoms with E-state index >= 15 is 0 Å². The lowest BCUT2D eigenvalue weighted by molar-refractivity contribution is -0.143. The molecule has 2 aliphatic rings. The third-order valence-corrected chi connectivity index (χ3v) is 5.80. The lowest BCUT2D eigenvalue weighted by Gasteiger charge is -2.19. The van der Waals surface area contributed by atoms with Crippen LogP contribution >= 0.6 is 0 Å². The maximum Gasteiger partial charge on any atom is 0.330 e. The second-order valence-corrected chi connectivity index (χ2v) is 8.00. The fraction of sp³-hybridized carbons (Fsp3) is 0.522. The van der Waals surface area contributed by atoms with Crippen LogP contribution in [0, 0.1) is 11.8 Å². The SMILES string of the molecule is Nc1ccc(CC[C@H]2CCC/C=C/[C@@H]3C[C@H](O)C[C@H]3[C@H](O)/C=C/C(=O)O2)cc1. The number of benzene rings is 1. The third kappa shape index (κ3) is 5.94. The highest BCUT2D eigenvalue weighted by Gasteiger charge is 2.35. The number of carbonyl (C=O) groups is 1. The van der Waals surface area contributed by atoms with E-state index in [0.29, 0.717) is 12.8 Å². The molecule has 0 saturated heterocycles. The minimum absolute atomic E-state index is 0.0580. The first-order valence-electron chi connectivity index (χ1n) is 10.3. The normalized spacial score (nSPS) is 33.6. The molecule has 0 amide bonds. The van der Waals surface area contributed by atoms with Gasteiger partial charge in [0.25, 0.3) is 0 Å². The molecular formula is C23H31NO4. The van der Waals surface area contributed by atoms with Gasteiger partial charge in [0.15, 0.2) is 0 Å². The average Bonchev–Trinajstić information content (AvgIpc) is 3.05. The Balaban J connectivity index is 1.63. The summed E-state index contributed by atoms with van der Waals surface area (Å²) >= 11 is 0. The van der Waals surface area contributed by atoms with Crippen molar-refractivity contribution in [2.24, 2.45) is 11.8 Å². The van der Waals surface area contributed by atoms with Gasteiger partial charge in [-0.15, -0.1) is 0 Å². The number of aliphatic hydroxyl groups excluding tert-OH is 2. The molecule has 28 heavy (non-hydrogen) atoms. The zero-order chi connectivity index (χ0) is 19.9. The van der Waals surface area contributed by atoms with Crippen LogP contribution in [0.5, 0.6) is 0 Å². The van der Waals surface area contributed by atoms with Crippen molar-refractivity contribution in [3.05, 3.63) is 54.1 Å². The summed E-state index contributed by atoms with van der Waals surface area (Å²) < 4.78 is 5.66. The molecule has 1 aromatic carbocycles. The molecule has 1 fully saturated rings. The Bertz CT molecular complexity index is 697. The summed E-state index contributed by atoms with van der Waals surface area (Å²) in [6, 6.07) is 7.77. The van der Waals surface area contributed by atoms with Gasteiger partial charge in [-0.3, -0.25) is 0 Å². The van der Waals surface area contributed by atoms with Crippen LogP contribution in [0.15, 0.2) is 48.6 Å². The number of aryl methyl sites for hydroxylation is 1. The van der Waals surface area contributed by atoms with Crippen molar-refractivity contribution in [2.75, 3.05) is 5.73 Å². The lowest BCUT2D eigenvalue weighted by atomic mass is 9.90. The summed E-state index contributed by atoms with van der Waals surface area (Å²) in [5.74, 6) is -0.325. The summed E-state index contributed by atoms with van der Waals surface area (Å²) in [6.07, 6.45) is 11.3. The Hall–Kier alpha value is -2.11. The largest absolute Gasteiger partial charge is 0.459 e. The first-order chi connectivity index (χ1) is 13.5. The molecular weight excluding hydrogens is 354 g/mol. The van der Waals surface area contributed by atoms with Gasteiger partial charge in [-0.1, -0.05) is 24.3 Å². The van der Waals surface area contributed by atoms with Crippen LogP contribution in [-0.4, -0.2) is 34.5 Å². The monoisotopic (exact) mass is 385 g/mol. The van der Waals surface area contributed by atoms with Crippen molar-refractivity contribution in [1.29, 1.82) is 0 Å². The lowest BCUT2D eigenvalue weighted by Crippen LogP contribution is -2.22. The van der Waals surface area contributed by atoms with E-state index in [1.54, 1.807) is 0 Å². The Kier molecular flexibility index (Phi) is 7.29. The number of nitrogen functional groups attached to an aromatic ring is 1. The van der Waals surface area contributed by atoms with Gasteiger partial charge in [-0.25, -0.2) is 4.79 Å². The number of anilines is 1. The molecule has 4 N–H and O–H groups in total. The molecule has 1 aliphatic heterocycles. The van der Waals surface area contributed by atoms with E-state index in [4.69, 9.17) is 10.5 Å². The molecule has 5 heteroatoms. The van der Waals surface area contributed by atoms with E-state index in [1.807, 2.05) is 24.3 Å². The number of rotatable bonds is 3. The Morgan fingerprint density at radius 1 is 1.11 bits per heavy atom. The highest BCUT2D eigenvalue weighted by molar-refractivity contribution is 5.82. The molecule has 0 aromatic heterocycles. The van der Waals surface area contributed by atoms with Crippen molar-refractivity contribution in [2.45, 2.75) is 63.3 Å². The standard InChI is InChI=1S/C23H31NO4/c24-18-9-6-16(7-10-18)8-11-20-5-3-1-2-4-17-14-19(25)15-21(17)22(26)12-13-23(27)28-20/h2,4,6-7,9-10,12-13,17,19-22,25-26H,1,3,5,8,11,14-15,24H2/b4-2+,13-12+/t17-,19+,20-,21-,22-/m1/s1. The molecule has 0 radical (unpaired) electrons. The Morgan fingerprint density at radius 3 is 2.68 bits per heavy atom. The van der Waals surface area contributed by atoms with E-state index in [9.17, 15) is 15.0 Å². The summed E-state index contributed by atoms with van der Waals surface area (Å²) in [7, 11) is 0. The fourth-order valence-corrected chi connectivity index (χ4v) is 4.22. The number of ether oxygens (including phenoxy) is 1. The Labute approximate surface area is 166 Å². The van der Waals surface area contributed by atoms with Crippen LogP contribution in [0.1, 0.15) is 44.1 Å². The molecule has 1 aliphatic carbocycles. The predicted octanol–water partition coefficient (Wildman–Crippen LogP) is 3.16. The molecule has 5 nitrogen and oxygen atoms in total. The number of carbonyl (C=O) groups excluding carboxylic acids is 1. The van der Waals surface area contributed by atoms with Crippen LogP contribution in [-0.2, 0) is 16.0 Å². The summed E-state index contributed by atoms with van der Waals surface area (Å²) in [5.41, 5.74) is 7.64. The third-order valence-electron chi connectivity index (χ3n) is 5.80. The average molecular weight is 386 g/mol. The first-order valence-corrected chi connectivity index (χ1v) is 10.3. The second-order valence-electron chi connectivity index (χ2n) is 8.00. The molecule has 1 heterocycles. The van der Waals surface area contributed by atoms with E-state index in [0.717, 1.165) is 37.8 Å². The van der Waals surface area contributed by atoms with E-state index in [1.165, 1.54) is 17.7 Å². The zero-order valence-electron chi connectivity index (χ0n) is 16.2. The van der Waals surface area contributed by atoms with Gasteiger partial charge in [0.1, 0.15) is 6.10 Å². The van der Waals surface area contributed by atoms with Crippen LogP contribution in [0.25, 0.3) is 0 Å². The molecule has 5 atom stereocenters. The van der Waals surface area contributed by atoms with Crippen molar-refractivity contribution in [1.82, 2.24) is 0 Å². The number of fused-ring (bicyclic) bond motifs is 1. The quantitative estimate of drug-likeness (QED) is 0.422. The molecule has 0 unspecified atom stereocenters. The van der Waals surface area contributed by atoms with Gasteiger partial charge in [0.05, 0.1) is 12.2 Å². The van der Waals surface area contributed by atoms with Crippen molar-refractivity contribution >= 4 is 11.7 Å². The zero-order valence-corrected chi connectivity index (χ0v) is 16.2. The van der Waals surface area contributed by atoms with Crippen molar-refractivity contribution in [3.63, 3.8) is 0 Å². The van der Waals surface area contributed by atoms with Gasteiger partial charge in [0.2, 0.25) is 0 Å². The fourth-order valence-electron chi connectivity index (χ4n) is 4.22. The number of hydrogen-bond donors (Lipinski definition) is 3. The molecule has 1 aromatic rings. The summed E-state index contributed by atoms with van der Waals surface area (Å²) in [6.45, 7) is 0. The van der Waals surface area contributed by atoms with Crippen molar-refractivity contribution < 1.29 is 19.7 Å². The number of aliphatic hydroxyl groups is 2. The second kappa shape index (κ2) is 9.89. The highest BCUT2D eigenvalue weighted by atomic mass is 16.5. The molecule has 1 saturated carbocycles. The van der Waals surface area contributed by atoms with Crippen LogP contribution in [0.4, 0.5) is 5.69 Å². The van der Waals surface area contributed by atoms with Crippen LogP contribution < -0.4 is 5.73 Å². The highest BCUT2D eigenvalue weighted by Crippen LogP contribution is 2.36. The maximum atomic E-state index is 12.3. The topological polar surface area (TPSA) is 92.8 Å². The van der Waals surface area contributed by atoms with Gasteiger partial charge in [-0.2, -0.15) is 0 Å². The number of nitrogens with two attached hydrogens (primary N) is 1. The molecule has 152 valence electrons. The van der Waals surface area contributed by atoms with E-state index in [2.05, 4.69) is 12.2 Å². The van der Waals surface area contributed by atoms with Crippen LogP contribution in [0.3, 0.4) is 0 Å². The van der Waals surface area contributed by atoms with Gasteiger partial charge < -0.3 is 20.7 Å². The summed E-state index contributed by atoms with van der Waals surface area (Å²) in [4.78, 5) is 12.3. The number of hydrogen-bond acceptors (Lipinski definition) is 5. The molecule has 0 spiro atoms. The number of cyclic esters (lactones) is 1. The maximum absolute atomic E-state index is 12.3. The van der Waals surface area contributed by atoms with Crippen molar-refractivity contribution in [3.8, 4) is 0 Å². The Morgan fingerprint density at radius 2 is 1.89 bits per heavy atom. The van der Waals surface area contributed by atoms with Gasteiger partial charge in [0, 0.05) is 11.8 Å². The van der Waals surface area contributed by atoms with Gasteiger partial charge >= 0.3 is 5.97 Å². The van der Waals surface area contributed by atoms with E-state index < -0.39 is 12.1 Å². The smallest absolute Gasteiger partial charge is 0.330 e. The van der Waals surface area contributed by atoms with E-state index in [-0.39, 0.29) is 24.0 Å². The van der Waals surface area contributed by atoms with Gasteiger partial charge in [-0.05, 0) is 80.6 Å². The number of allylic oxidation sites excluding steroid dienone is 2. The molecule has 0 bridgehead atoms. The number of esters is 1. The molecule has 3 rings (SSSR count). The van der Waals surface area contributed by atoms with Crippen LogP contribution in [0.2, 0.25) is 0 Å². The minimum atomic E-state index is -0.756. The first kappa shape index (κ1) is 20.6. The minimum Gasteiger partial charge on any atom is -0.459 e. The summed E-state index contributed by atoms with van der Waals surface area (Å²) in [5, 5.41) is 20.4.